The van der Waals surface area contributed by atoms with Gasteiger partial charge in [-0.25, -0.2) is 14.8 Å². The van der Waals surface area contributed by atoms with E-state index in [-0.39, 0.29) is 31.3 Å². The standard InChI is InChI=1S/C24H22ClN5O2.C16H11ClN2O3.C8H13N3.CH3F.CH4.ClH/c1-14-7-23(26)29-15(2)21(14)12-28-24(31)17-5-6-27-20(11-17)9-16-3-4-22-18(8-16)10-19(25)13-30(22)32;17-13-7-12-5-10(1-2-15(12)19(22)9-13)6-14-8-11(16(20)21)3-4-18-14;1-5-3-8(10)11-6(2)7(5)4-9;1-2;;/h3-8,10-11,13H,9,12H2,1-2H3,(H2,26,29)(H,28,31);1-5,7-9H,6H2,(H,20,21);3H,4,9H2,1-2H3,(H2,10,11);1H3;1H4;1H/i;;;1D;;. The number of nitrogens with two attached hydrogens (primary N) is 3. The highest BCUT2D eigenvalue weighted by Gasteiger charge is 2.13. The number of amides is 1. The number of hydrogen-bond acceptors (Lipinski definition) is 11. The molecule has 69 heavy (non-hydrogen) atoms. The molecule has 8 N–H and O–H groups in total. The molecule has 2 aromatic carbocycles. The minimum Gasteiger partial charge on any atom is -0.618 e. The van der Waals surface area contributed by atoms with Crippen LogP contribution in [0.4, 0.5) is 16.0 Å². The van der Waals surface area contributed by atoms with Crippen molar-refractivity contribution in [2.45, 2.75) is 61.1 Å². The second-order valence-electron chi connectivity index (χ2n) is 15.2. The first-order valence-electron chi connectivity index (χ1n) is 21.1. The summed E-state index contributed by atoms with van der Waals surface area (Å²) < 4.78 is 17.0. The number of halogens is 4. The Balaban J connectivity index is 0.000000295. The van der Waals surface area contributed by atoms with Crippen molar-refractivity contribution < 1.29 is 29.9 Å². The molecule has 0 aliphatic rings. The number of rotatable bonds is 9. The summed E-state index contributed by atoms with van der Waals surface area (Å²) in [5.41, 5.74) is 27.8. The zero-order chi connectivity index (χ0) is 49.7. The number of nitrogens with zero attached hydrogens (tertiary/aromatic N) is 6. The molecule has 0 aliphatic carbocycles. The molecule has 1 amide bonds. The molecule has 0 radical (unpaired) electrons. The van der Waals surface area contributed by atoms with Gasteiger partial charge >= 0.3 is 5.97 Å². The molecular weight excluding hydrogens is 946 g/mol. The molecular formula is C50H54Cl3FN10O5. The van der Waals surface area contributed by atoms with Gasteiger partial charge in [0.1, 0.15) is 21.7 Å². The van der Waals surface area contributed by atoms with Gasteiger partial charge in [0, 0.05) is 89.6 Å². The van der Waals surface area contributed by atoms with Gasteiger partial charge in [-0.15, -0.1) is 12.4 Å². The highest BCUT2D eigenvalue weighted by molar-refractivity contribution is 6.31. The van der Waals surface area contributed by atoms with Gasteiger partial charge in [0.05, 0.1) is 14.1 Å². The Kier molecular flexibility index (Phi) is 20.3. The number of carboxylic acid groups (broad SMARTS) is 1. The van der Waals surface area contributed by atoms with E-state index >= 15 is 0 Å². The van der Waals surface area contributed by atoms with Gasteiger partial charge < -0.3 is 38.0 Å². The molecule has 6 aromatic heterocycles. The van der Waals surface area contributed by atoms with Crippen LogP contribution in [-0.4, -0.2) is 44.1 Å². The number of pyridine rings is 6. The van der Waals surface area contributed by atoms with Gasteiger partial charge in [-0.05, 0) is 122 Å². The predicted octanol–water partition coefficient (Wildman–Crippen LogP) is 8.83. The first kappa shape index (κ1) is 54.4. The topological polar surface area (TPSA) is 250 Å². The molecule has 6 heterocycles. The molecule has 0 saturated carbocycles. The summed E-state index contributed by atoms with van der Waals surface area (Å²) in [5.74, 6) is -0.143. The first-order valence-corrected chi connectivity index (χ1v) is 21.2. The Hall–Kier alpha value is -7.24. The van der Waals surface area contributed by atoms with E-state index in [1.165, 1.54) is 30.7 Å². The molecule has 19 heteroatoms. The van der Waals surface area contributed by atoms with Crippen LogP contribution in [0.1, 0.15) is 85.7 Å². The highest BCUT2D eigenvalue weighted by atomic mass is 35.5. The van der Waals surface area contributed by atoms with Crippen molar-refractivity contribution in [3.05, 3.63) is 197 Å². The maximum Gasteiger partial charge on any atom is 0.335 e. The fourth-order valence-electron chi connectivity index (χ4n) is 7.26. The SMILES string of the molecule is C.Cc1cc(N)nc(C)c1CN.Cc1cc(N)nc(C)c1CNC(=O)c1ccnc(Cc2ccc3c(cc(Cl)c[n+]3[O-])c2)c1.Cl.O=C(O)c1ccnc(Cc2ccc3c(cc(Cl)c[n+]3[O-])c2)c1.[2H]CF. The minimum absolute atomic E-state index is 0. The van der Waals surface area contributed by atoms with E-state index in [4.69, 9.17) is 46.9 Å². The number of benzene rings is 2. The van der Waals surface area contributed by atoms with E-state index in [2.05, 4.69) is 25.3 Å². The van der Waals surface area contributed by atoms with E-state index in [9.17, 15) is 24.4 Å². The monoisotopic (exact) mass is 999 g/mol. The third-order valence-electron chi connectivity index (χ3n) is 10.4. The van der Waals surface area contributed by atoms with Crippen LogP contribution in [0.3, 0.4) is 0 Å². The van der Waals surface area contributed by atoms with Gasteiger partial charge in [0.15, 0.2) is 12.4 Å². The van der Waals surface area contributed by atoms with E-state index in [0.29, 0.717) is 69.9 Å². The van der Waals surface area contributed by atoms with Crippen LogP contribution in [0.15, 0.2) is 110 Å². The zero-order valence-corrected chi connectivity index (χ0v) is 39.8. The molecule has 362 valence electrons. The average Bonchev–Trinajstić information content (AvgIpc) is 3.26. The van der Waals surface area contributed by atoms with Gasteiger partial charge in [0.2, 0.25) is 11.0 Å². The van der Waals surface area contributed by atoms with Crippen LogP contribution >= 0.6 is 35.6 Å². The summed E-state index contributed by atoms with van der Waals surface area (Å²) in [5, 5.41) is 37.9. The fourth-order valence-corrected chi connectivity index (χ4v) is 7.67. The smallest absolute Gasteiger partial charge is 0.335 e. The summed E-state index contributed by atoms with van der Waals surface area (Å²) in [6.07, 6.45) is 6.72. The number of carbonyl (C=O) groups is 2. The van der Waals surface area contributed by atoms with Crippen molar-refractivity contribution in [2.24, 2.45) is 5.73 Å². The summed E-state index contributed by atoms with van der Waals surface area (Å²) in [7, 11) is -1.00. The van der Waals surface area contributed by atoms with Crippen LogP contribution in [-0.2, 0) is 25.9 Å². The van der Waals surface area contributed by atoms with Crippen molar-refractivity contribution >= 4 is 80.9 Å². The Bertz CT molecular complexity index is 3070. The largest absolute Gasteiger partial charge is 0.618 e. The number of anilines is 2. The van der Waals surface area contributed by atoms with Gasteiger partial charge in [-0.2, -0.15) is 9.46 Å². The molecule has 0 spiro atoms. The molecule has 0 bridgehead atoms. The molecule has 0 atom stereocenters. The highest BCUT2D eigenvalue weighted by Crippen LogP contribution is 2.21. The van der Waals surface area contributed by atoms with Gasteiger partial charge in [0.25, 0.3) is 5.91 Å². The van der Waals surface area contributed by atoms with Crippen LogP contribution in [0, 0.1) is 38.1 Å². The van der Waals surface area contributed by atoms with E-state index in [1.807, 2.05) is 58.0 Å². The van der Waals surface area contributed by atoms with Gasteiger partial charge in [-0.1, -0.05) is 42.8 Å². The second-order valence-corrected chi connectivity index (χ2v) is 16.1. The third-order valence-corrected chi connectivity index (χ3v) is 10.8. The Morgan fingerprint density at radius 2 is 1.16 bits per heavy atom. The van der Waals surface area contributed by atoms with Crippen LogP contribution in [0.5, 0.6) is 0 Å². The number of aromatic nitrogens is 6. The normalized spacial score (nSPS) is 10.4. The van der Waals surface area contributed by atoms with Crippen molar-refractivity contribution in [1.82, 2.24) is 25.3 Å². The summed E-state index contributed by atoms with van der Waals surface area (Å²) in [6.45, 7) is 8.63. The molecule has 0 saturated heterocycles. The molecule has 0 unspecified atom stereocenters. The number of fused-ring (bicyclic) bond motifs is 2. The fraction of sp³-hybridized carbons (Fsp3) is 0.200. The lowest BCUT2D eigenvalue weighted by atomic mass is 10.0. The number of nitrogens with one attached hydrogen (secondary N) is 1. The van der Waals surface area contributed by atoms with Gasteiger partial charge in [-0.3, -0.25) is 19.2 Å². The van der Waals surface area contributed by atoms with Crippen molar-refractivity contribution in [2.75, 3.05) is 18.6 Å². The number of alkyl halides is 1. The van der Waals surface area contributed by atoms with E-state index in [0.717, 1.165) is 70.7 Å². The second kappa shape index (κ2) is 25.8. The Labute approximate surface area is 417 Å². The first-order chi connectivity index (χ1) is 32.4. The molecule has 15 nitrogen and oxygen atoms in total. The summed E-state index contributed by atoms with van der Waals surface area (Å²) in [4.78, 5) is 40.6. The minimum atomic E-state index is -1.00. The number of aromatic carboxylic acids is 1. The quantitative estimate of drug-likeness (QED) is 0.0672. The zero-order valence-electron chi connectivity index (χ0n) is 38.5. The number of hydrogen-bond donors (Lipinski definition) is 5. The van der Waals surface area contributed by atoms with E-state index in [1.54, 1.807) is 48.7 Å². The van der Waals surface area contributed by atoms with E-state index < -0.39 is 13.1 Å². The molecule has 0 fully saturated rings. The lowest BCUT2D eigenvalue weighted by molar-refractivity contribution is -0.577. The average molecular weight is 1000 g/mol. The number of carbonyl (C=O) groups excluding carboxylic acids is 1. The summed E-state index contributed by atoms with van der Waals surface area (Å²) >= 11 is 11.9. The molecule has 8 rings (SSSR count). The Morgan fingerprint density at radius 1 is 0.725 bits per heavy atom. The molecule has 0 aliphatic heterocycles. The third kappa shape index (κ3) is 15.1. The lowest BCUT2D eigenvalue weighted by Crippen LogP contribution is -2.26. The number of aryl methyl sites for hydroxylation is 4. The van der Waals surface area contributed by atoms with Crippen molar-refractivity contribution in [1.29, 1.82) is 0 Å². The van der Waals surface area contributed by atoms with Crippen molar-refractivity contribution in [3.63, 3.8) is 0 Å². The maximum atomic E-state index is 12.7. The maximum absolute atomic E-state index is 12.7. The van der Waals surface area contributed by atoms with Crippen LogP contribution in [0.2, 0.25) is 10.0 Å². The lowest BCUT2D eigenvalue weighted by Gasteiger charge is -2.12. The summed E-state index contributed by atoms with van der Waals surface area (Å²) in [6, 6.07) is 24.5. The van der Waals surface area contributed by atoms with Crippen LogP contribution in [0.25, 0.3) is 21.8 Å². The van der Waals surface area contributed by atoms with Crippen LogP contribution < -0.4 is 32.0 Å². The van der Waals surface area contributed by atoms with Crippen molar-refractivity contribution in [3.8, 4) is 0 Å². The molecule has 8 aromatic rings. The predicted molar refractivity (Wildman–Crippen MR) is 273 cm³/mol. The number of carboxylic acids is 1. The Morgan fingerprint density at radius 3 is 1.59 bits per heavy atom. The number of nitrogen functional groups attached to an aromatic ring is 2.